The summed E-state index contributed by atoms with van der Waals surface area (Å²) < 4.78 is 5.41. The molecule has 2 unspecified atom stereocenters. The minimum atomic E-state index is -0.627. The maximum Gasteiger partial charge on any atom is 0.255 e. The predicted octanol–water partition coefficient (Wildman–Crippen LogP) is 3.35. The molecule has 3 heterocycles. The molecule has 0 radical (unpaired) electrons. The predicted molar refractivity (Wildman–Crippen MR) is 99.4 cm³/mol. The number of carbonyl (C=O) groups excluding carboxylic acids is 2. The Hall–Kier alpha value is -2.58. The number of hydrogen-bond acceptors (Lipinski definition) is 6. The topological polar surface area (TPSA) is 89.4 Å². The lowest BCUT2D eigenvalue weighted by Gasteiger charge is -2.26. The fourth-order valence-electron chi connectivity index (χ4n) is 2.95. The number of nitrogens with zero attached hydrogens (tertiary/aromatic N) is 2. The van der Waals surface area contributed by atoms with Gasteiger partial charge in [0.25, 0.3) is 5.91 Å². The highest BCUT2D eigenvalue weighted by Crippen LogP contribution is 2.48. The number of nitrogens with two attached hydrogens (primary N) is 1. The lowest BCUT2D eigenvalue weighted by atomic mass is 10.1. The molecule has 4 rings (SSSR count). The Bertz CT molecular complexity index is 925. The molecule has 3 aromatic rings. The molecule has 6 nitrogen and oxygen atoms in total. The van der Waals surface area contributed by atoms with E-state index < -0.39 is 11.2 Å². The van der Waals surface area contributed by atoms with Gasteiger partial charge >= 0.3 is 0 Å². The molecule has 0 spiro atoms. The molecule has 0 saturated heterocycles. The van der Waals surface area contributed by atoms with E-state index in [4.69, 9.17) is 10.2 Å². The molecule has 132 valence electrons. The maximum atomic E-state index is 12.9. The summed E-state index contributed by atoms with van der Waals surface area (Å²) in [6, 6.07) is 11.0. The minimum Gasteiger partial charge on any atom is -0.467 e. The fraction of sp³-hybridized carbons (Fsp3) is 0.167. The zero-order valence-corrected chi connectivity index (χ0v) is 15.2. The van der Waals surface area contributed by atoms with Crippen LogP contribution in [-0.2, 0) is 11.3 Å². The first kappa shape index (κ1) is 16.9. The Labute approximate surface area is 158 Å². The van der Waals surface area contributed by atoms with Crippen molar-refractivity contribution in [3.63, 3.8) is 0 Å². The summed E-state index contributed by atoms with van der Waals surface area (Å²) in [5.74, 6) is 0.123. The summed E-state index contributed by atoms with van der Waals surface area (Å²) in [6.07, 6.45) is 3.22. The SMILES string of the molecule is NC(=O)C(SC1c2ccccc2C(=O)N1Cc1ccco1)c1nccs1. The molecule has 1 aromatic carbocycles. The highest BCUT2D eigenvalue weighted by atomic mass is 32.2. The van der Waals surface area contributed by atoms with Crippen molar-refractivity contribution in [2.24, 2.45) is 5.73 Å². The Kier molecular flexibility index (Phi) is 4.52. The number of thioether (sulfide) groups is 1. The van der Waals surface area contributed by atoms with Gasteiger partial charge in [-0.25, -0.2) is 4.98 Å². The van der Waals surface area contributed by atoms with Gasteiger partial charge in [0.05, 0.1) is 12.8 Å². The van der Waals surface area contributed by atoms with E-state index in [0.717, 1.165) is 5.56 Å². The molecule has 1 aliphatic rings. The second-order valence-electron chi connectivity index (χ2n) is 5.74. The lowest BCUT2D eigenvalue weighted by Crippen LogP contribution is -2.28. The van der Waals surface area contributed by atoms with E-state index in [1.165, 1.54) is 23.1 Å². The van der Waals surface area contributed by atoms with Crippen molar-refractivity contribution in [3.8, 4) is 0 Å². The number of thiazole rings is 1. The second kappa shape index (κ2) is 6.97. The number of benzene rings is 1. The van der Waals surface area contributed by atoms with Crippen molar-refractivity contribution in [1.82, 2.24) is 9.88 Å². The first-order chi connectivity index (χ1) is 12.6. The van der Waals surface area contributed by atoms with Crippen LogP contribution in [0.2, 0.25) is 0 Å². The molecule has 1 aliphatic heterocycles. The zero-order chi connectivity index (χ0) is 18.1. The van der Waals surface area contributed by atoms with Gasteiger partial charge in [-0.1, -0.05) is 18.2 Å². The molecular weight excluding hydrogens is 370 g/mol. The van der Waals surface area contributed by atoms with Crippen LogP contribution in [0.5, 0.6) is 0 Å². The van der Waals surface area contributed by atoms with Crippen LogP contribution in [0.1, 0.15) is 37.3 Å². The average molecular weight is 385 g/mol. The van der Waals surface area contributed by atoms with Gasteiger partial charge in [-0.2, -0.15) is 0 Å². The van der Waals surface area contributed by atoms with E-state index in [0.29, 0.717) is 22.9 Å². The highest BCUT2D eigenvalue weighted by Gasteiger charge is 2.40. The zero-order valence-electron chi connectivity index (χ0n) is 13.6. The first-order valence-electron chi connectivity index (χ1n) is 7.91. The van der Waals surface area contributed by atoms with Gasteiger partial charge in [-0.3, -0.25) is 9.59 Å². The van der Waals surface area contributed by atoms with Crippen molar-refractivity contribution in [3.05, 3.63) is 76.1 Å². The highest BCUT2D eigenvalue weighted by molar-refractivity contribution is 8.00. The molecule has 0 aliphatic carbocycles. The number of amides is 2. The molecule has 2 amide bonds. The van der Waals surface area contributed by atoms with Crippen molar-refractivity contribution in [1.29, 1.82) is 0 Å². The normalized spacial score (nSPS) is 17.3. The summed E-state index contributed by atoms with van der Waals surface area (Å²) >= 11 is 2.71. The smallest absolute Gasteiger partial charge is 0.255 e. The van der Waals surface area contributed by atoms with Gasteiger partial charge in [0.2, 0.25) is 5.91 Å². The van der Waals surface area contributed by atoms with Gasteiger partial charge in [0.1, 0.15) is 21.4 Å². The van der Waals surface area contributed by atoms with E-state index in [1.807, 2.05) is 24.3 Å². The van der Waals surface area contributed by atoms with Crippen LogP contribution in [-0.4, -0.2) is 21.7 Å². The van der Waals surface area contributed by atoms with E-state index in [2.05, 4.69) is 4.98 Å². The number of furan rings is 1. The monoisotopic (exact) mass is 385 g/mol. The Morgan fingerprint density at radius 2 is 2.19 bits per heavy atom. The molecule has 2 aromatic heterocycles. The minimum absolute atomic E-state index is 0.0862. The number of rotatable bonds is 6. The average Bonchev–Trinajstić information content (AvgIpc) is 3.37. The van der Waals surface area contributed by atoms with Gasteiger partial charge < -0.3 is 15.1 Å². The summed E-state index contributed by atoms with van der Waals surface area (Å²) in [6.45, 7) is 0.321. The van der Waals surface area contributed by atoms with Crippen molar-refractivity contribution < 1.29 is 14.0 Å². The number of primary amides is 1. The Morgan fingerprint density at radius 1 is 1.35 bits per heavy atom. The third-order valence-corrected chi connectivity index (χ3v) is 6.59. The Balaban J connectivity index is 1.70. The van der Waals surface area contributed by atoms with Crippen LogP contribution in [0.25, 0.3) is 0 Å². The number of hydrogen-bond donors (Lipinski definition) is 1. The van der Waals surface area contributed by atoms with Crippen LogP contribution < -0.4 is 5.73 Å². The summed E-state index contributed by atoms with van der Waals surface area (Å²) in [4.78, 5) is 30.9. The number of aromatic nitrogens is 1. The van der Waals surface area contributed by atoms with Crippen molar-refractivity contribution in [2.45, 2.75) is 17.2 Å². The van der Waals surface area contributed by atoms with Crippen LogP contribution in [0.15, 0.2) is 58.7 Å². The summed E-state index contributed by atoms with van der Waals surface area (Å²) in [5.41, 5.74) is 7.14. The van der Waals surface area contributed by atoms with Crippen LogP contribution in [0.4, 0.5) is 0 Å². The standard InChI is InChI=1S/C18H15N3O3S2/c19-15(22)14(16-20-7-9-25-16)26-18-13-6-2-1-5-12(13)17(23)21(18)10-11-4-3-8-24-11/h1-9,14,18H,10H2,(H2,19,22). The molecule has 0 fully saturated rings. The van der Waals surface area contributed by atoms with Crippen molar-refractivity contribution in [2.75, 3.05) is 0 Å². The van der Waals surface area contributed by atoms with Crippen molar-refractivity contribution >= 4 is 34.9 Å². The number of fused-ring (bicyclic) bond motifs is 1. The molecule has 26 heavy (non-hydrogen) atoms. The number of carbonyl (C=O) groups is 2. The summed E-state index contributed by atoms with van der Waals surface area (Å²) in [5, 5.41) is 1.47. The van der Waals surface area contributed by atoms with E-state index in [-0.39, 0.29) is 11.3 Å². The fourth-order valence-corrected chi connectivity index (χ4v) is 5.14. The third-order valence-electron chi connectivity index (χ3n) is 4.11. The molecule has 0 bridgehead atoms. The molecule has 2 N–H and O–H groups in total. The van der Waals surface area contributed by atoms with Gasteiger partial charge in [-0.05, 0) is 23.8 Å². The van der Waals surface area contributed by atoms with E-state index >= 15 is 0 Å². The lowest BCUT2D eigenvalue weighted by molar-refractivity contribution is -0.117. The van der Waals surface area contributed by atoms with E-state index in [1.54, 1.807) is 34.9 Å². The molecule has 0 saturated carbocycles. The largest absolute Gasteiger partial charge is 0.467 e. The molecular formula is C18H15N3O3S2. The Morgan fingerprint density at radius 3 is 2.88 bits per heavy atom. The molecule has 2 atom stereocenters. The first-order valence-corrected chi connectivity index (χ1v) is 9.74. The van der Waals surface area contributed by atoms with Gasteiger partial charge in [0, 0.05) is 17.1 Å². The van der Waals surface area contributed by atoms with Gasteiger partial charge in [-0.15, -0.1) is 23.1 Å². The maximum absolute atomic E-state index is 12.9. The second-order valence-corrected chi connectivity index (χ2v) is 7.86. The van der Waals surface area contributed by atoms with Gasteiger partial charge in [0.15, 0.2) is 0 Å². The quantitative estimate of drug-likeness (QED) is 0.703. The van der Waals surface area contributed by atoms with E-state index in [9.17, 15) is 9.59 Å². The molecule has 8 heteroatoms. The van der Waals surface area contributed by atoms with Crippen LogP contribution in [0, 0.1) is 0 Å². The van der Waals surface area contributed by atoms with Crippen LogP contribution >= 0.6 is 23.1 Å². The summed E-state index contributed by atoms with van der Waals surface area (Å²) in [7, 11) is 0. The third kappa shape index (κ3) is 3.02. The van der Waals surface area contributed by atoms with Crippen LogP contribution in [0.3, 0.4) is 0 Å².